The Labute approximate surface area is 103 Å². The summed E-state index contributed by atoms with van der Waals surface area (Å²) in [5, 5.41) is 0.0478. The number of nitrogens with zero attached hydrogens (tertiary/aromatic N) is 2. The van der Waals surface area contributed by atoms with Crippen LogP contribution in [0.2, 0.25) is 5.02 Å². The zero-order valence-corrected chi connectivity index (χ0v) is 9.53. The summed E-state index contributed by atoms with van der Waals surface area (Å²) < 4.78 is 13.1. The molecule has 1 heterocycles. The fourth-order valence-corrected chi connectivity index (χ4v) is 1.69. The van der Waals surface area contributed by atoms with Crippen LogP contribution in [0.1, 0.15) is 17.3 Å². The zero-order valence-electron chi connectivity index (χ0n) is 8.77. The topological polar surface area (TPSA) is 63.8 Å². The Kier molecular flexibility index (Phi) is 3.63. The molecule has 88 valence electrons. The smallest absolute Gasteiger partial charge is 0.141 e. The number of benzene rings is 1. The van der Waals surface area contributed by atoms with E-state index >= 15 is 0 Å². The average molecular weight is 253 g/mol. The molecule has 0 bridgehead atoms. The van der Waals surface area contributed by atoms with Crippen LogP contribution in [0.25, 0.3) is 0 Å². The minimum Gasteiger partial charge on any atom is -0.271 e. The molecule has 0 aliphatic carbocycles. The molecule has 0 amide bonds. The van der Waals surface area contributed by atoms with Crippen LogP contribution >= 0.6 is 11.6 Å². The van der Waals surface area contributed by atoms with E-state index in [9.17, 15) is 4.39 Å². The average Bonchev–Trinajstić information content (AvgIpc) is 2.36. The van der Waals surface area contributed by atoms with E-state index in [0.717, 1.165) is 5.56 Å². The van der Waals surface area contributed by atoms with Crippen molar-refractivity contribution >= 4 is 11.6 Å². The Morgan fingerprint density at radius 2 is 2.18 bits per heavy atom. The molecule has 1 unspecified atom stereocenters. The van der Waals surface area contributed by atoms with Gasteiger partial charge in [0.1, 0.15) is 5.82 Å². The Bertz CT molecular complexity index is 506. The number of hydrogen-bond donors (Lipinski definition) is 2. The number of nitrogens with one attached hydrogen (secondary N) is 1. The highest BCUT2D eigenvalue weighted by molar-refractivity contribution is 6.30. The van der Waals surface area contributed by atoms with E-state index in [1.54, 1.807) is 24.7 Å². The summed E-state index contributed by atoms with van der Waals surface area (Å²) in [6, 6.07) is 4.02. The van der Waals surface area contributed by atoms with Crippen molar-refractivity contribution in [1.82, 2.24) is 15.4 Å². The standard InChI is InChI=1S/C11H10ClFN4/c12-8-5-7(1-2-9(8)13)11(17-14)10-6-15-3-4-16-10/h1-6,11,17H,14H2. The van der Waals surface area contributed by atoms with Gasteiger partial charge in [0.15, 0.2) is 0 Å². The second-order valence-electron chi connectivity index (χ2n) is 3.40. The molecule has 2 rings (SSSR count). The van der Waals surface area contributed by atoms with E-state index in [-0.39, 0.29) is 11.1 Å². The van der Waals surface area contributed by atoms with Gasteiger partial charge in [0, 0.05) is 12.4 Å². The number of hydrazine groups is 1. The third-order valence-electron chi connectivity index (χ3n) is 2.32. The number of rotatable bonds is 3. The molecular formula is C11H10ClFN4. The molecule has 3 N–H and O–H groups in total. The molecule has 0 spiro atoms. The third kappa shape index (κ3) is 2.58. The van der Waals surface area contributed by atoms with Gasteiger partial charge < -0.3 is 0 Å². The van der Waals surface area contributed by atoms with Gasteiger partial charge in [-0.1, -0.05) is 17.7 Å². The molecule has 1 aromatic carbocycles. The number of aromatic nitrogens is 2. The lowest BCUT2D eigenvalue weighted by Gasteiger charge is -2.15. The summed E-state index contributed by atoms with van der Waals surface area (Å²) in [5.74, 6) is 5.00. The van der Waals surface area contributed by atoms with Gasteiger partial charge in [-0.2, -0.15) is 0 Å². The molecule has 17 heavy (non-hydrogen) atoms. The van der Waals surface area contributed by atoms with E-state index in [4.69, 9.17) is 17.4 Å². The molecule has 1 aromatic heterocycles. The summed E-state index contributed by atoms with van der Waals surface area (Å²) in [6.45, 7) is 0. The summed E-state index contributed by atoms with van der Waals surface area (Å²) in [6.07, 6.45) is 4.71. The SMILES string of the molecule is NNC(c1ccc(F)c(Cl)c1)c1cnccn1. The van der Waals surface area contributed by atoms with E-state index in [2.05, 4.69) is 15.4 Å². The van der Waals surface area contributed by atoms with Gasteiger partial charge in [-0.25, -0.2) is 9.82 Å². The minimum atomic E-state index is -0.467. The van der Waals surface area contributed by atoms with Crippen LogP contribution in [0.3, 0.4) is 0 Å². The van der Waals surface area contributed by atoms with Crippen molar-refractivity contribution in [3.05, 3.63) is 58.9 Å². The molecule has 0 saturated heterocycles. The van der Waals surface area contributed by atoms with Gasteiger partial charge in [0.2, 0.25) is 0 Å². The molecule has 6 heteroatoms. The summed E-state index contributed by atoms with van der Waals surface area (Å²) in [5.41, 5.74) is 3.96. The number of halogens is 2. The summed E-state index contributed by atoms with van der Waals surface area (Å²) in [4.78, 5) is 8.09. The number of nitrogens with two attached hydrogens (primary N) is 1. The highest BCUT2D eigenvalue weighted by Gasteiger charge is 2.15. The van der Waals surface area contributed by atoms with Crippen molar-refractivity contribution < 1.29 is 4.39 Å². The molecular weight excluding hydrogens is 243 g/mol. The van der Waals surface area contributed by atoms with Crippen molar-refractivity contribution in [1.29, 1.82) is 0 Å². The van der Waals surface area contributed by atoms with Gasteiger partial charge in [-0.15, -0.1) is 0 Å². The van der Waals surface area contributed by atoms with Crippen molar-refractivity contribution in [2.75, 3.05) is 0 Å². The number of hydrogen-bond acceptors (Lipinski definition) is 4. The predicted molar refractivity (Wildman–Crippen MR) is 62.6 cm³/mol. The highest BCUT2D eigenvalue weighted by atomic mass is 35.5. The molecule has 0 fully saturated rings. The van der Waals surface area contributed by atoms with Gasteiger partial charge in [-0.3, -0.25) is 15.8 Å². The Balaban J connectivity index is 2.39. The van der Waals surface area contributed by atoms with Crippen molar-refractivity contribution in [3.63, 3.8) is 0 Å². The maximum absolute atomic E-state index is 13.1. The normalized spacial score (nSPS) is 12.4. The van der Waals surface area contributed by atoms with Crippen molar-refractivity contribution in [2.45, 2.75) is 6.04 Å². The van der Waals surface area contributed by atoms with E-state index in [0.29, 0.717) is 5.69 Å². The lowest BCUT2D eigenvalue weighted by Crippen LogP contribution is -2.29. The van der Waals surface area contributed by atoms with E-state index in [1.165, 1.54) is 12.1 Å². The molecule has 1 atom stereocenters. The van der Waals surface area contributed by atoms with Gasteiger partial charge in [0.05, 0.1) is 23.0 Å². The maximum atomic E-state index is 13.1. The minimum absolute atomic E-state index is 0.0478. The molecule has 4 nitrogen and oxygen atoms in total. The second-order valence-corrected chi connectivity index (χ2v) is 3.81. The molecule has 0 aliphatic heterocycles. The first kappa shape index (κ1) is 11.9. The lowest BCUT2D eigenvalue weighted by molar-refractivity contribution is 0.606. The van der Waals surface area contributed by atoms with Crippen LogP contribution in [-0.4, -0.2) is 9.97 Å². The Hall–Kier alpha value is -1.56. The zero-order chi connectivity index (χ0) is 12.3. The van der Waals surface area contributed by atoms with Crippen LogP contribution in [0.5, 0.6) is 0 Å². The second kappa shape index (κ2) is 5.18. The first-order chi connectivity index (χ1) is 8.22. The monoisotopic (exact) mass is 252 g/mol. The quantitative estimate of drug-likeness (QED) is 0.646. The molecule has 0 aliphatic rings. The van der Waals surface area contributed by atoms with E-state index in [1.807, 2.05) is 0 Å². The molecule has 0 radical (unpaired) electrons. The fraction of sp³-hybridized carbons (Fsp3) is 0.0909. The first-order valence-corrected chi connectivity index (χ1v) is 5.27. The maximum Gasteiger partial charge on any atom is 0.141 e. The lowest BCUT2D eigenvalue weighted by atomic mass is 10.0. The predicted octanol–water partition coefficient (Wildman–Crippen LogP) is 1.82. The fourth-order valence-electron chi connectivity index (χ4n) is 1.50. The van der Waals surface area contributed by atoms with Crippen molar-refractivity contribution in [2.24, 2.45) is 5.84 Å². The van der Waals surface area contributed by atoms with Crippen molar-refractivity contribution in [3.8, 4) is 0 Å². The van der Waals surface area contributed by atoms with Crippen LogP contribution in [0, 0.1) is 5.82 Å². The van der Waals surface area contributed by atoms with Crippen LogP contribution in [0.4, 0.5) is 4.39 Å². The Morgan fingerprint density at radius 3 is 2.76 bits per heavy atom. The van der Waals surface area contributed by atoms with Gasteiger partial charge in [-0.05, 0) is 17.7 Å². The first-order valence-electron chi connectivity index (χ1n) is 4.89. The van der Waals surface area contributed by atoms with Crippen LogP contribution in [-0.2, 0) is 0 Å². The highest BCUT2D eigenvalue weighted by Crippen LogP contribution is 2.23. The third-order valence-corrected chi connectivity index (χ3v) is 2.61. The Morgan fingerprint density at radius 1 is 1.35 bits per heavy atom. The largest absolute Gasteiger partial charge is 0.271 e. The van der Waals surface area contributed by atoms with Crippen LogP contribution in [0.15, 0.2) is 36.8 Å². The van der Waals surface area contributed by atoms with Crippen LogP contribution < -0.4 is 11.3 Å². The summed E-state index contributed by atoms with van der Waals surface area (Å²) >= 11 is 5.72. The molecule has 0 saturated carbocycles. The van der Waals surface area contributed by atoms with E-state index < -0.39 is 5.82 Å². The summed E-state index contributed by atoms with van der Waals surface area (Å²) in [7, 11) is 0. The molecule has 2 aromatic rings. The van der Waals surface area contributed by atoms with Gasteiger partial charge in [0.25, 0.3) is 0 Å². The van der Waals surface area contributed by atoms with Gasteiger partial charge >= 0.3 is 0 Å².